The Balaban J connectivity index is 1.62. The minimum atomic E-state index is -0.0354. The van der Waals surface area contributed by atoms with Gasteiger partial charge >= 0.3 is 0 Å². The van der Waals surface area contributed by atoms with Gasteiger partial charge in [0.2, 0.25) is 0 Å². The third-order valence-corrected chi connectivity index (χ3v) is 5.79. The number of nitrogens with two attached hydrogens (primary N) is 1. The minimum absolute atomic E-state index is 0.0354. The molecule has 132 valence electrons. The zero-order valence-electron chi connectivity index (χ0n) is 14.2. The van der Waals surface area contributed by atoms with Crippen LogP contribution >= 0.6 is 11.6 Å². The monoisotopic (exact) mass is 359 g/mol. The molecule has 2 fully saturated rings. The van der Waals surface area contributed by atoms with Gasteiger partial charge in [0.15, 0.2) is 5.69 Å². The molecule has 0 radical (unpaired) electrons. The summed E-state index contributed by atoms with van der Waals surface area (Å²) in [6.45, 7) is 3.52. The minimum Gasteiger partial charge on any atom is -0.337 e. The van der Waals surface area contributed by atoms with Crippen LogP contribution in [0.5, 0.6) is 0 Å². The summed E-state index contributed by atoms with van der Waals surface area (Å²) in [5.74, 6) is 0.927. The molecule has 2 N–H and O–H groups in total. The maximum atomic E-state index is 13.0. The predicted octanol–water partition coefficient (Wildman–Crippen LogP) is 2.29. The number of carbonyl (C=O) groups excluding carboxylic acids is 1. The maximum absolute atomic E-state index is 13.0. The number of aromatic nitrogens is 3. The fourth-order valence-corrected chi connectivity index (χ4v) is 4.41. The van der Waals surface area contributed by atoms with Crippen molar-refractivity contribution in [2.24, 2.45) is 17.6 Å². The Hall–Kier alpha value is -1.92. The number of likely N-dealkylation sites (tertiary alicyclic amines) is 1. The van der Waals surface area contributed by atoms with Crippen LogP contribution < -0.4 is 5.73 Å². The summed E-state index contributed by atoms with van der Waals surface area (Å²) in [5, 5.41) is 9.04. The molecule has 0 spiro atoms. The highest BCUT2D eigenvalue weighted by Crippen LogP contribution is 2.37. The number of amides is 1. The van der Waals surface area contributed by atoms with Gasteiger partial charge in [0.05, 0.1) is 11.4 Å². The molecule has 2 heterocycles. The van der Waals surface area contributed by atoms with E-state index in [9.17, 15) is 4.79 Å². The maximum Gasteiger partial charge on any atom is 0.276 e. The van der Waals surface area contributed by atoms with Crippen LogP contribution in [0.25, 0.3) is 5.69 Å². The molecule has 1 amide bonds. The van der Waals surface area contributed by atoms with Gasteiger partial charge in [0.1, 0.15) is 0 Å². The first-order valence-electron chi connectivity index (χ1n) is 8.84. The van der Waals surface area contributed by atoms with E-state index in [0.29, 0.717) is 29.0 Å². The Kier molecular flexibility index (Phi) is 4.25. The molecule has 4 rings (SSSR count). The van der Waals surface area contributed by atoms with Crippen molar-refractivity contribution in [1.29, 1.82) is 0 Å². The first-order chi connectivity index (χ1) is 12.1. The van der Waals surface area contributed by atoms with Crippen LogP contribution in [0.4, 0.5) is 0 Å². The van der Waals surface area contributed by atoms with Gasteiger partial charge in [0, 0.05) is 24.2 Å². The van der Waals surface area contributed by atoms with E-state index >= 15 is 0 Å². The van der Waals surface area contributed by atoms with Gasteiger partial charge in [0.25, 0.3) is 5.91 Å². The summed E-state index contributed by atoms with van der Waals surface area (Å²) in [7, 11) is 0. The van der Waals surface area contributed by atoms with Gasteiger partial charge in [-0.15, -0.1) is 5.10 Å². The highest BCUT2D eigenvalue weighted by atomic mass is 35.5. The Morgan fingerprint density at radius 2 is 2.20 bits per heavy atom. The number of rotatable bonds is 3. The summed E-state index contributed by atoms with van der Waals surface area (Å²) in [6.07, 6.45) is 2.86. The number of hydrogen-bond acceptors (Lipinski definition) is 4. The fraction of sp³-hybridized carbons (Fsp3) is 0.500. The molecule has 2 aromatic rings. The Morgan fingerprint density at radius 1 is 1.36 bits per heavy atom. The third-order valence-electron chi connectivity index (χ3n) is 5.55. The lowest BCUT2D eigenvalue weighted by Gasteiger charge is -2.18. The van der Waals surface area contributed by atoms with Crippen LogP contribution in [0.3, 0.4) is 0 Å². The summed E-state index contributed by atoms with van der Waals surface area (Å²) in [4.78, 5) is 14.9. The molecule has 3 unspecified atom stereocenters. The molecule has 25 heavy (non-hydrogen) atoms. The number of hydrogen-bond donors (Lipinski definition) is 1. The molecule has 1 aliphatic heterocycles. The lowest BCUT2D eigenvalue weighted by Crippen LogP contribution is -2.34. The molecule has 7 heteroatoms. The molecular formula is C18H22ClN5O. The van der Waals surface area contributed by atoms with E-state index in [1.54, 1.807) is 4.68 Å². The average Bonchev–Trinajstić information content (AvgIpc) is 3.29. The highest BCUT2D eigenvalue weighted by molar-refractivity contribution is 6.30. The number of benzene rings is 1. The van der Waals surface area contributed by atoms with E-state index in [0.717, 1.165) is 37.3 Å². The highest BCUT2D eigenvalue weighted by Gasteiger charge is 2.43. The smallest absolute Gasteiger partial charge is 0.276 e. The Morgan fingerprint density at radius 3 is 2.92 bits per heavy atom. The zero-order valence-corrected chi connectivity index (χ0v) is 15.0. The van der Waals surface area contributed by atoms with Crippen molar-refractivity contribution in [3.05, 3.63) is 40.7 Å². The van der Waals surface area contributed by atoms with Crippen LogP contribution in [0, 0.1) is 11.8 Å². The van der Waals surface area contributed by atoms with Gasteiger partial charge in [-0.25, -0.2) is 4.68 Å². The zero-order chi connectivity index (χ0) is 17.6. The van der Waals surface area contributed by atoms with Gasteiger partial charge in [-0.1, -0.05) is 29.8 Å². The fourth-order valence-electron chi connectivity index (χ4n) is 4.22. The average molecular weight is 360 g/mol. The van der Waals surface area contributed by atoms with Crippen molar-refractivity contribution in [2.75, 3.05) is 13.1 Å². The Labute approximate surface area is 151 Å². The summed E-state index contributed by atoms with van der Waals surface area (Å²) < 4.78 is 1.71. The second kappa shape index (κ2) is 6.42. The number of fused-ring (bicyclic) bond motifs is 1. The topological polar surface area (TPSA) is 77.0 Å². The van der Waals surface area contributed by atoms with Crippen molar-refractivity contribution in [1.82, 2.24) is 19.9 Å². The molecule has 1 aromatic heterocycles. The second-order valence-corrected chi connectivity index (χ2v) is 7.44. The number of carbonyl (C=O) groups is 1. The second-order valence-electron chi connectivity index (χ2n) is 7.01. The molecule has 1 saturated carbocycles. The normalized spacial score (nSPS) is 25.4. The van der Waals surface area contributed by atoms with E-state index in [-0.39, 0.29) is 11.9 Å². The lowest BCUT2D eigenvalue weighted by atomic mass is 9.98. The molecule has 3 atom stereocenters. The SMILES string of the molecule is CCc1c(C(=O)N2CC3CCC(N)C3C2)nnn1-c1cccc(Cl)c1. The molecule has 2 aliphatic rings. The largest absolute Gasteiger partial charge is 0.337 e. The van der Waals surface area contributed by atoms with Crippen molar-refractivity contribution < 1.29 is 4.79 Å². The molecule has 1 aromatic carbocycles. The van der Waals surface area contributed by atoms with E-state index in [4.69, 9.17) is 17.3 Å². The number of nitrogens with zero attached hydrogens (tertiary/aromatic N) is 4. The quantitative estimate of drug-likeness (QED) is 0.912. The van der Waals surface area contributed by atoms with Gasteiger partial charge in [-0.05, 0) is 49.3 Å². The molecular weight excluding hydrogens is 338 g/mol. The lowest BCUT2D eigenvalue weighted by molar-refractivity contribution is 0.0772. The first-order valence-corrected chi connectivity index (χ1v) is 9.21. The molecule has 0 bridgehead atoms. The van der Waals surface area contributed by atoms with Crippen LogP contribution in [0.15, 0.2) is 24.3 Å². The number of halogens is 1. The summed E-state index contributed by atoms with van der Waals surface area (Å²) >= 11 is 6.08. The van der Waals surface area contributed by atoms with Crippen molar-refractivity contribution in [2.45, 2.75) is 32.2 Å². The van der Waals surface area contributed by atoms with Gasteiger partial charge in [-0.3, -0.25) is 4.79 Å². The molecule has 1 aliphatic carbocycles. The summed E-state index contributed by atoms with van der Waals surface area (Å²) in [5.41, 5.74) is 8.26. The van der Waals surface area contributed by atoms with Crippen LogP contribution in [0.1, 0.15) is 35.9 Å². The van der Waals surface area contributed by atoms with E-state index in [1.165, 1.54) is 0 Å². The van der Waals surface area contributed by atoms with Crippen LogP contribution in [0.2, 0.25) is 5.02 Å². The standard InChI is InChI=1S/C18H22ClN5O/c1-2-16-17(21-22-24(16)13-5-3-4-12(19)8-13)18(25)23-9-11-6-7-15(20)14(11)10-23/h3-5,8,11,14-15H,2,6-7,9-10,20H2,1H3. The van der Waals surface area contributed by atoms with Crippen LogP contribution in [-0.4, -0.2) is 44.9 Å². The van der Waals surface area contributed by atoms with Crippen LogP contribution in [-0.2, 0) is 6.42 Å². The Bertz CT molecular complexity index is 805. The molecule has 6 nitrogen and oxygen atoms in total. The predicted molar refractivity (Wildman–Crippen MR) is 95.8 cm³/mol. The summed E-state index contributed by atoms with van der Waals surface area (Å²) in [6, 6.07) is 7.63. The van der Waals surface area contributed by atoms with E-state index in [2.05, 4.69) is 10.3 Å². The van der Waals surface area contributed by atoms with Crippen molar-refractivity contribution >= 4 is 17.5 Å². The van der Waals surface area contributed by atoms with E-state index < -0.39 is 0 Å². The molecule has 1 saturated heterocycles. The first kappa shape index (κ1) is 16.5. The van der Waals surface area contributed by atoms with Gasteiger partial charge in [-0.2, -0.15) is 0 Å². The van der Waals surface area contributed by atoms with Crippen molar-refractivity contribution in [3.63, 3.8) is 0 Å². The van der Waals surface area contributed by atoms with Crippen molar-refractivity contribution in [3.8, 4) is 5.69 Å². The van der Waals surface area contributed by atoms with Gasteiger partial charge < -0.3 is 10.6 Å². The van der Waals surface area contributed by atoms with E-state index in [1.807, 2.05) is 36.1 Å². The third kappa shape index (κ3) is 2.83.